The molecule has 0 N–H and O–H groups in total. The van der Waals surface area contributed by atoms with E-state index in [4.69, 9.17) is 4.74 Å². The van der Waals surface area contributed by atoms with Crippen molar-refractivity contribution in [2.45, 2.75) is 26.8 Å². The van der Waals surface area contributed by atoms with Crippen LogP contribution in [0.3, 0.4) is 0 Å². The lowest BCUT2D eigenvalue weighted by Crippen LogP contribution is -2.04. The first-order chi connectivity index (χ1) is 10.2. The molecule has 3 aromatic rings. The Morgan fingerprint density at radius 3 is 2.76 bits per heavy atom. The minimum absolute atomic E-state index is 0.764. The lowest BCUT2D eigenvalue weighted by Gasteiger charge is -2.07. The fourth-order valence-corrected chi connectivity index (χ4v) is 2.61. The number of hydrogen-bond acceptors (Lipinski definition) is 2. The molecule has 2 aromatic heterocycles. The first-order valence-electron chi connectivity index (χ1n) is 7.38. The van der Waals surface area contributed by atoms with Gasteiger partial charge in [0.05, 0.1) is 24.5 Å². The number of nitrogens with zero attached hydrogens (tertiary/aromatic N) is 3. The predicted octanol–water partition coefficient (Wildman–Crippen LogP) is 3.52. The molecule has 4 heteroatoms. The van der Waals surface area contributed by atoms with E-state index in [1.165, 1.54) is 16.6 Å². The van der Waals surface area contributed by atoms with Crippen molar-refractivity contribution in [3.8, 4) is 5.75 Å². The van der Waals surface area contributed by atoms with Crippen LogP contribution < -0.4 is 4.74 Å². The molecule has 1 aromatic carbocycles. The van der Waals surface area contributed by atoms with Crippen molar-refractivity contribution in [2.24, 2.45) is 7.05 Å². The summed E-state index contributed by atoms with van der Waals surface area (Å²) in [7, 11) is 1.99. The average Bonchev–Trinajstić information content (AvgIpc) is 3.00. The molecule has 0 aliphatic carbocycles. The number of fused-ring (bicyclic) bond motifs is 1. The molecule has 4 nitrogen and oxygen atoms in total. The third-order valence-corrected chi connectivity index (χ3v) is 3.65. The van der Waals surface area contributed by atoms with E-state index in [1.807, 2.05) is 24.7 Å². The van der Waals surface area contributed by atoms with Crippen LogP contribution in [-0.2, 0) is 13.6 Å². The molecule has 0 bridgehead atoms. The van der Waals surface area contributed by atoms with Gasteiger partial charge < -0.3 is 9.30 Å². The Bertz CT molecular complexity index is 755. The van der Waals surface area contributed by atoms with Crippen LogP contribution in [0.2, 0.25) is 0 Å². The van der Waals surface area contributed by atoms with E-state index in [0.717, 1.165) is 31.0 Å². The van der Waals surface area contributed by atoms with E-state index in [-0.39, 0.29) is 0 Å². The van der Waals surface area contributed by atoms with Gasteiger partial charge in [0.25, 0.3) is 0 Å². The molecular weight excluding hydrogens is 262 g/mol. The van der Waals surface area contributed by atoms with Crippen LogP contribution in [0.15, 0.2) is 36.5 Å². The molecule has 0 radical (unpaired) electrons. The molecule has 0 saturated carbocycles. The molecule has 0 fully saturated rings. The Hall–Kier alpha value is -2.23. The van der Waals surface area contributed by atoms with E-state index in [1.54, 1.807) is 0 Å². The topological polar surface area (TPSA) is 32.0 Å². The molecule has 0 aliphatic heterocycles. The van der Waals surface area contributed by atoms with Gasteiger partial charge in [0.15, 0.2) is 0 Å². The maximum absolute atomic E-state index is 5.69. The van der Waals surface area contributed by atoms with Crippen molar-refractivity contribution >= 4 is 10.9 Å². The monoisotopic (exact) mass is 283 g/mol. The van der Waals surface area contributed by atoms with Gasteiger partial charge in [-0.15, -0.1) is 0 Å². The molecule has 21 heavy (non-hydrogen) atoms. The van der Waals surface area contributed by atoms with Crippen molar-refractivity contribution in [1.82, 2.24) is 14.3 Å². The maximum atomic E-state index is 5.69. The second-order valence-corrected chi connectivity index (χ2v) is 5.41. The van der Waals surface area contributed by atoms with Crippen LogP contribution in [-0.4, -0.2) is 21.0 Å². The Kier molecular flexibility index (Phi) is 3.69. The Morgan fingerprint density at radius 2 is 2.05 bits per heavy atom. The third-order valence-electron chi connectivity index (χ3n) is 3.65. The normalized spacial score (nSPS) is 11.2. The molecule has 3 rings (SSSR count). The lowest BCUT2D eigenvalue weighted by molar-refractivity contribution is 0.318. The zero-order chi connectivity index (χ0) is 14.8. The van der Waals surface area contributed by atoms with Crippen molar-refractivity contribution in [1.29, 1.82) is 0 Å². The van der Waals surface area contributed by atoms with Gasteiger partial charge >= 0.3 is 0 Å². The van der Waals surface area contributed by atoms with Crippen molar-refractivity contribution in [2.75, 3.05) is 6.61 Å². The molecule has 0 unspecified atom stereocenters. The summed E-state index contributed by atoms with van der Waals surface area (Å²) in [5.41, 5.74) is 3.48. The molecule has 0 aliphatic rings. The largest absolute Gasteiger partial charge is 0.494 e. The summed E-state index contributed by atoms with van der Waals surface area (Å²) in [6.45, 7) is 5.73. The van der Waals surface area contributed by atoms with Crippen LogP contribution in [0, 0.1) is 6.92 Å². The molecule has 110 valence electrons. The van der Waals surface area contributed by atoms with E-state index in [9.17, 15) is 0 Å². The molecule has 0 spiro atoms. The molecule has 0 saturated heterocycles. The number of aromatic nitrogens is 3. The van der Waals surface area contributed by atoms with Crippen molar-refractivity contribution in [3.63, 3.8) is 0 Å². The Labute approximate surface area is 124 Å². The summed E-state index contributed by atoms with van der Waals surface area (Å²) < 4.78 is 9.88. The highest BCUT2D eigenvalue weighted by molar-refractivity contribution is 5.81. The van der Waals surface area contributed by atoms with Gasteiger partial charge in [-0.3, -0.25) is 4.68 Å². The number of hydrogen-bond donors (Lipinski definition) is 0. The summed E-state index contributed by atoms with van der Waals surface area (Å²) in [6, 6.07) is 10.5. The summed E-state index contributed by atoms with van der Waals surface area (Å²) >= 11 is 0. The highest BCUT2D eigenvalue weighted by Gasteiger charge is 2.07. The number of ether oxygens (including phenoxy) is 1. The third kappa shape index (κ3) is 2.79. The first-order valence-corrected chi connectivity index (χ1v) is 7.38. The lowest BCUT2D eigenvalue weighted by atomic mass is 10.2. The fourth-order valence-electron chi connectivity index (χ4n) is 2.61. The quantitative estimate of drug-likeness (QED) is 0.717. The van der Waals surface area contributed by atoms with E-state index >= 15 is 0 Å². The van der Waals surface area contributed by atoms with Gasteiger partial charge in [0.2, 0.25) is 0 Å². The standard InChI is InChI=1S/C17H21N3O/c1-4-9-21-16-5-6-17-14(11-16)7-8-20(17)12-15-10-13(2)18-19(15)3/h5-8,10-11H,4,9,12H2,1-3H3. The molecule has 2 heterocycles. The zero-order valence-electron chi connectivity index (χ0n) is 12.8. The zero-order valence-corrected chi connectivity index (χ0v) is 12.8. The molecule has 0 amide bonds. The fraction of sp³-hybridized carbons (Fsp3) is 0.353. The van der Waals surface area contributed by atoms with Crippen LogP contribution in [0.1, 0.15) is 24.7 Å². The number of aryl methyl sites for hydroxylation is 2. The SMILES string of the molecule is CCCOc1ccc2c(ccn2Cc2cc(C)nn2C)c1. The van der Waals surface area contributed by atoms with E-state index in [2.05, 4.69) is 47.1 Å². The van der Waals surface area contributed by atoms with Gasteiger partial charge in [-0.2, -0.15) is 5.10 Å². The van der Waals surface area contributed by atoms with E-state index < -0.39 is 0 Å². The summed E-state index contributed by atoms with van der Waals surface area (Å²) in [6.07, 6.45) is 3.15. The van der Waals surface area contributed by atoms with Crippen LogP contribution in [0.4, 0.5) is 0 Å². The van der Waals surface area contributed by atoms with E-state index in [0.29, 0.717) is 0 Å². The van der Waals surface area contributed by atoms with Crippen molar-refractivity contribution < 1.29 is 4.74 Å². The van der Waals surface area contributed by atoms with Crippen LogP contribution >= 0.6 is 0 Å². The minimum Gasteiger partial charge on any atom is -0.494 e. The van der Waals surface area contributed by atoms with Gasteiger partial charge in [0.1, 0.15) is 5.75 Å². The van der Waals surface area contributed by atoms with Crippen LogP contribution in [0.5, 0.6) is 5.75 Å². The second-order valence-electron chi connectivity index (χ2n) is 5.41. The maximum Gasteiger partial charge on any atom is 0.120 e. The van der Waals surface area contributed by atoms with Crippen LogP contribution in [0.25, 0.3) is 10.9 Å². The first kappa shape index (κ1) is 13.7. The molecule has 0 atom stereocenters. The smallest absolute Gasteiger partial charge is 0.120 e. The minimum atomic E-state index is 0.764. The molecular formula is C17H21N3O. The highest BCUT2D eigenvalue weighted by atomic mass is 16.5. The summed E-state index contributed by atoms with van der Waals surface area (Å²) in [5.74, 6) is 0.943. The predicted molar refractivity (Wildman–Crippen MR) is 84.8 cm³/mol. The Morgan fingerprint density at radius 1 is 1.19 bits per heavy atom. The van der Waals surface area contributed by atoms with Gasteiger partial charge in [0, 0.05) is 24.1 Å². The Balaban J connectivity index is 1.88. The highest BCUT2D eigenvalue weighted by Crippen LogP contribution is 2.23. The van der Waals surface area contributed by atoms with Gasteiger partial charge in [-0.25, -0.2) is 0 Å². The van der Waals surface area contributed by atoms with Gasteiger partial charge in [-0.05, 0) is 43.7 Å². The number of benzene rings is 1. The van der Waals surface area contributed by atoms with Gasteiger partial charge in [-0.1, -0.05) is 6.92 Å². The van der Waals surface area contributed by atoms with Crippen molar-refractivity contribution in [3.05, 3.63) is 47.9 Å². The summed E-state index contributed by atoms with van der Waals surface area (Å²) in [4.78, 5) is 0. The summed E-state index contributed by atoms with van der Waals surface area (Å²) in [5, 5.41) is 5.61. The second kappa shape index (κ2) is 5.64. The average molecular weight is 283 g/mol. The number of rotatable bonds is 5.